The van der Waals surface area contributed by atoms with Gasteiger partial charge in [0.25, 0.3) is 0 Å². The molecule has 1 heterocycles. The average molecular weight is 310 g/mol. The lowest BCUT2D eigenvalue weighted by atomic mass is 9.91. The lowest BCUT2D eigenvalue weighted by Gasteiger charge is -2.25. The molecule has 0 aromatic heterocycles. The molecule has 0 bridgehead atoms. The molecule has 1 unspecified atom stereocenters. The van der Waals surface area contributed by atoms with E-state index < -0.39 is 12.1 Å². The number of aryl methyl sites for hydroxylation is 2. The van der Waals surface area contributed by atoms with Gasteiger partial charge in [-0.1, -0.05) is 18.2 Å². The van der Waals surface area contributed by atoms with E-state index in [0.717, 1.165) is 11.1 Å². The molecule has 2 aromatic rings. The summed E-state index contributed by atoms with van der Waals surface area (Å²) in [6, 6.07) is 10.5. The summed E-state index contributed by atoms with van der Waals surface area (Å²) in [5, 5.41) is 0. The maximum absolute atomic E-state index is 12.8. The summed E-state index contributed by atoms with van der Waals surface area (Å²) in [5.41, 5.74) is 3.39. The highest BCUT2D eigenvalue weighted by Crippen LogP contribution is 2.36. The van der Waals surface area contributed by atoms with Crippen LogP contribution in [0.5, 0.6) is 5.75 Å². The van der Waals surface area contributed by atoms with Crippen LogP contribution >= 0.6 is 0 Å². The zero-order valence-electron chi connectivity index (χ0n) is 13.4. The van der Waals surface area contributed by atoms with Crippen LogP contribution in [0.25, 0.3) is 0 Å². The quantitative estimate of drug-likeness (QED) is 0.809. The minimum absolute atomic E-state index is 0.218. The van der Waals surface area contributed by atoms with E-state index in [0.29, 0.717) is 29.0 Å². The van der Waals surface area contributed by atoms with Gasteiger partial charge >= 0.3 is 5.97 Å². The third-order valence-electron chi connectivity index (χ3n) is 4.08. The summed E-state index contributed by atoms with van der Waals surface area (Å²) in [6.45, 7) is 6.28. The number of cyclic esters (lactones) is 1. The predicted octanol–water partition coefficient (Wildman–Crippen LogP) is 3.80. The molecule has 0 saturated carbocycles. The molecule has 118 valence electrons. The van der Waals surface area contributed by atoms with Crippen molar-refractivity contribution in [3.63, 3.8) is 0 Å². The fraction of sp³-hybridized carbons (Fsp3) is 0.263. The molecule has 3 rings (SSSR count). The Bertz CT molecular complexity index is 792. The summed E-state index contributed by atoms with van der Waals surface area (Å²) < 4.78 is 11.1. The molecule has 0 radical (unpaired) electrons. The van der Waals surface area contributed by atoms with Crippen LogP contribution in [-0.4, -0.2) is 18.4 Å². The lowest BCUT2D eigenvalue weighted by Crippen LogP contribution is -2.28. The Hall–Kier alpha value is -2.62. The largest absolute Gasteiger partial charge is 0.493 e. The summed E-state index contributed by atoms with van der Waals surface area (Å²) in [6.07, 6.45) is -0.960. The molecular weight excluding hydrogens is 292 g/mol. The maximum atomic E-state index is 12.8. The standard InChI is InChI=1S/C19H18O4/c1-4-22-16-10-12(3)11(2)9-15(16)18-17(20)13-7-5-6-8-14(13)19(21)23-18/h5-10,18H,4H2,1-3H3. The normalized spacial score (nSPS) is 16.7. The molecule has 0 N–H and O–H groups in total. The molecule has 4 heteroatoms. The Morgan fingerprint density at radius 3 is 2.39 bits per heavy atom. The van der Waals surface area contributed by atoms with E-state index in [-0.39, 0.29) is 5.78 Å². The number of carbonyl (C=O) groups excluding carboxylic acids is 2. The molecule has 0 spiro atoms. The Morgan fingerprint density at radius 1 is 1.04 bits per heavy atom. The number of esters is 1. The highest BCUT2D eigenvalue weighted by Gasteiger charge is 2.36. The van der Waals surface area contributed by atoms with E-state index in [9.17, 15) is 9.59 Å². The summed E-state index contributed by atoms with van der Waals surface area (Å²) in [5.74, 6) is -0.114. The van der Waals surface area contributed by atoms with E-state index in [1.54, 1.807) is 24.3 Å². The van der Waals surface area contributed by atoms with Crippen LogP contribution in [0.4, 0.5) is 0 Å². The SMILES string of the molecule is CCOc1cc(C)c(C)cc1C1OC(=O)c2ccccc2C1=O. The molecule has 0 fully saturated rings. The molecule has 1 atom stereocenters. The Morgan fingerprint density at radius 2 is 1.70 bits per heavy atom. The van der Waals surface area contributed by atoms with Gasteiger partial charge in [0.15, 0.2) is 6.10 Å². The highest BCUT2D eigenvalue weighted by atomic mass is 16.6. The molecule has 2 aromatic carbocycles. The van der Waals surface area contributed by atoms with E-state index in [1.165, 1.54) is 0 Å². The third kappa shape index (κ3) is 2.61. The Balaban J connectivity index is 2.11. The van der Waals surface area contributed by atoms with E-state index in [4.69, 9.17) is 9.47 Å². The van der Waals surface area contributed by atoms with Crippen molar-refractivity contribution in [1.29, 1.82) is 0 Å². The fourth-order valence-electron chi connectivity index (χ4n) is 2.74. The number of carbonyl (C=O) groups is 2. The topological polar surface area (TPSA) is 52.6 Å². The van der Waals surface area contributed by atoms with Gasteiger partial charge < -0.3 is 9.47 Å². The van der Waals surface area contributed by atoms with Gasteiger partial charge in [0, 0.05) is 11.1 Å². The van der Waals surface area contributed by atoms with Crippen molar-refractivity contribution in [2.24, 2.45) is 0 Å². The van der Waals surface area contributed by atoms with Crippen molar-refractivity contribution < 1.29 is 19.1 Å². The average Bonchev–Trinajstić information content (AvgIpc) is 2.55. The van der Waals surface area contributed by atoms with Crippen molar-refractivity contribution in [3.8, 4) is 5.75 Å². The van der Waals surface area contributed by atoms with E-state index in [1.807, 2.05) is 32.9 Å². The van der Waals surface area contributed by atoms with Crippen molar-refractivity contribution >= 4 is 11.8 Å². The molecule has 1 aliphatic heterocycles. The van der Waals surface area contributed by atoms with Gasteiger partial charge in [-0.15, -0.1) is 0 Å². The summed E-state index contributed by atoms with van der Waals surface area (Å²) >= 11 is 0. The van der Waals surface area contributed by atoms with Gasteiger partial charge in [-0.05, 0) is 50.1 Å². The first-order valence-corrected chi connectivity index (χ1v) is 7.61. The zero-order chi connectivity index (χ0) is 16.6. The number of hydrogen-bond acceptors (Lipinski definition) is 4. The number of rotatable bonds is 3. The monoisotopic (exact) mass is 310 g/mol. The van der Waals surface area contributed by atoms with Gasteiger partial charge in [0.2, 0.25) is 5.78 Å². The van der Waals surface area contributed by atoms with E-state index in [2.05, 4.69) is 0 Å². The van der Waals surface area contributed by atoms with Crippen molar-refractivity contribution in [2.75, 3.05) is 6.61 Å². The van der Waals surface area contributed by atoms with Gasteiger partial charge in [0.1, 0.15) is 5.75 Å². The Kier molecular flexibility index (Phi) is 3.90. The number of ether oxygens (including phenoxy) is 2. The molecule has 4 nitrogen and oxygen atoms in total. The minimum Gasteiger partial charge on any atom is -0.493 e. The van der Waals surface area contributed by atoms with Gasteiger partial charge in [0.05, 0.1) is 12.2 Å². The molecule has 0 aliphatic carbocycles. The van der Waals surface area contributed by atoms with E-state index >= 15 is 0 Å². The molecule has 23 heavy (non-hydrogen) atoms. The first-order valence-electron chi connectivity index (χ1n) is 7.61. The van der Waals surface area contributed by atoms with Crippen molar-refractivity contribution in [2.45, 2.75) is 26.9 Å². The molecule has 1 aliphatic rings. The smallest absolute Gasteiger partial charge is 0.339 e. The van der Waals surface area contributed by atoms with Crippen LogP contribution in [-0.2, 0) is 4.74 Å². The number of hydrogen-bond donors (Lipinski definition) is 0. The second-order valence-electron chi connectivity index (χ2n) is 5.60. The number of fused-ring (bicyclic) bond motifs is 1. The minimum atomic E-state index is -0.960. The predicted molar refractivity (Wildman–Crippen MR) is 86.0 cm³/mol. The van der Waals surface area contributed by atoms with Crippen LogP contribution in [0.2, 0.25) is 0 Å². The van der Waals surface area contributed by atoms with Crippen LogP contribution in [0.3, 0.4) is 0 Å². The van der Waals surface area contributed by atoms with Gasteiger partial charge in [-0.3, -0.25) is 4.79 Å². The van der Waals surface area contributed by atoms with Crippen LogP contribution in [0.1, 0.15) is 50.4 Å². The van der Waals surface area contributed by atoms with Crippen LogP contribution in [0, 0.1) is 13.8 Å². The number of Topliss-reactive ketones (excluding diaryl/α,β-unsaturated/α-hetero) is 1. The van der Waals surface area contributed by atoms with Crippen LogP contribution in [0.15, 0.2) is 36.4 Å². The maximum Gasteiger partial charge on any atom is 0.339 e. The third-order valence-corrected chi connectivity index (χ3v) is 4.08. The summed E-state index contributed by atoms with van der Waals surface area (Å²) in [7, 11) is 0. The first kappa shape index (κ1) is 15.3. The highest BCUT2D eigenvalue weighted by molar-refractivity contribution is 6.12. The lowest BCUT2D eigenvalue weighted by molar-refractivity contribution is 0.0237. The number of ketones is 1. The first-order chi connectivity index (χ1) is 11.0. The summed E-state index contributed by atoms with van der Waals surface area (Å²) in [4.78, 5) is 25.0. The zero-order valence-corrected chi connectivity index (χ0v) is 13.4. The second-order valence-corrected chi connectivity index (χ2v) is 5.60. The number of benzene rings is 2. The second kappa shape index (κ2) is 5.88. The molecular formula is C19H18O4. The Labute approximate surface area is 135 Å². The molecule has 0 amide bonds. The van der Waals surface area contributed by atoms with Crippen molar-refractivity contribution in [3.05, 3.63) is 64.2 Å². The van der Waals surface area contributed by atoms with Gasteiger partial charge in [-0.2, -0.15) is 0 Å². The van der Waals surface area contributed by atoms with Gasteiger partial charge in [-0.25, -0.2) is 4.79 Å². The molecule has 0 saturated heterocycles. The van der Waals surface area contributed by atoms with Crippen molar-refractivity contribution in [1.82, 2.24) is 0 Å². The fourth-order valence-corrected chi connectivity index (χ4v) is 2.74. The van der Waals surface area contributed by atoms with Crippen LogP contribution < -0.4 is 4.74 Å².